The van der Waals surface area contributed by atoms with Gasteiger partial charge in [0.05, 0.1) is 10.9 Å². The molecule has 26 heavy (non-hydrogen) atoms. The van der Waals surface area contributed by atoms with Gasteiger partial charge in [-0.2, -0.15) is 0 Å². The number of phenols is 1. The molecule has 1 N–H and O–H groups in total. The maximum atomic E-state index is 12.9. The largest absolute Gasteiger partial charge is 0.550 e. The zero-order valence-corrected chi connectivity index (χ0v) is 15.1. The van der Waals surface area contributed by atoms with E-state index in [2.05, 4.69) is 0 Å². The van der Waals surface area contributed by atoms with E-state index < -0.39 is 12.0 Å². The van der Waals surface area contributed by atoms with Crippen LogP contribution >= 0.6 is 24.0 Å². The molecule has 0 radical (unpaired) electrons. The zero-order valence-electron chi connectivity index (χ0n) is 13.5. The fourth-order valence-electron chi connectivity index (χ4n) is 2.71. The average Bonchev–Trinajstić information content (AvgIpc) is 2.87. The Morgan fingerprint density at radius 3 is 2.62 bits per heavy atom. The molecule has 1 atom stereocenters. The molecule has 5 nitrogen and oxygen atoms in total. The number of carboxylic acids is 1. The van der Waals surface area contributed by atoms with E-state index in [-0.39, 0.29) is 22.4 Å². The van der Waals surface area contributed by atoms with Gasteiger partial charge in [0.1, 0.15) is 10.1 Å². The van der Waals surface area contributed by atoms with Crippen molar-refractivity contribution < 1.29 is 19.8 Å². The highest BCUT2D eigenvalue weighted by molar-refractivity contribution is 8.26. The summed E-state index contributed by atoms with van der Waals surface area (Å²) in [6.45, 7) is 0. The number of hydrogen-bond donors (Lipinski definition) is 1. The van der Waals surface area contributed by atoms with Crippen molar-refractivity contribution in [1.29, 1.82) is 0 Å². The lowest BCUT2D eigenvalue weighted by atomic mass is 10.0. The van der Waals surface area contributed by atoms with E-state index in [0.29, 0.717) is 16.0 Å². The van der Waals surface area contributed by atoms with E-state index in [1.54, 1.807) is 42.5 Å². The lowest BCUT2D eigenvalue weighted by Crippen LogP contribution is -2.37. The monoisotopic (exact) mass is 384 g/mol. The molecule has 0 saturated carbocycles. The Labute approximate surface area is 160 Å². The number of thioether (sulfide) groups is 1. The summed E-state index contributed by atoms with van der Waals surface area (Å²) in [6, 6.07) is 14.6. The fraction of sp³-hybridized carbons (Fsp3) is 0.105. The van der Waals surface area contributed by atoms with Crippen molar-refractivity contribution in [2.45, 2.75) is 12.5 Å². The second-order valence-electron chi connectivity index (χ2n) is 5.65. The number of rotatable bonds is 5. The summed E-state index contributed by atoms with van der Waals surface area (Å²) in [5.41, 5.74) is 1.33. The van der Waals surface area contributed by atoms with Crippen molar-refractivity contribution in [2.24, 2.45) is 0 Å². The van der Waals surface area contributed by atoms with Crippen LogP contribution < -0.4 is 5.11 Å². The van der Waals surface area contributed by atoms with Crippen LogP contribution in [-0.2, 0) is 9.59 Å². The quantitative estimate of drug-likeness (QED) is 0.630. The number of carbonyl (C=O) groups is 2. The van der Waals surface area contributed by atoms with Gasteiger partial charge in [-0.3, -0.25) is 9.69 Å². The molecule has 0 spiro atoms. The Bertz CT molecular complexity index is 895. The minimum Gasteiger partial charge on any atom is -0.550 e. The van der Waals surface area contributed by atoms with Crippen molar-refractivity contribution in [3.8, 4) is 5.75 Å². The lowest BCUT2D eigenvalue weighted by Gasteiger charge is -2.27. The Morgan fingerprint density at radius 1 is 1.23 bits per heavy atom. The minimum absolute atomic E-state index is 0.0911. The molecule has 132 valence electrons. The lowest BCUT2D eigenvalue weighted by molar-refractivity contribution is -0.306. The molecular formula is C19H14NO4S2-. The summed E-state index contributed by atoms with van der Waals surface area (Å²) in [4.78, 5) is 25.8. The van der Waals surface area contributed by atoms with Gasteiger partial charge < -0.3 is 15.0 Å². The standard InChI is InChI=1S/C19H15NO4S2/c21-14-8-4-5-12(9-14)10-16-18(24)20(19(25)26-16)15(11-17(22)23)13-6-2-1-3-7-13/h1-10,15,21H,11H2,(H,22,23)/p-1/t15-/m1/s1. The molecule has 2 aromatic rings. The average molecular weight is 384 g/mol. The summed E-state index contributed by atoms with van der Waals surface area (Å²) in [7, 11) is 0. The van der Waals surface area contributed by atoms with Crippen molar-refractivity contribution in [3.05, 3.63) is 70.6 Å². The minimum atomic E-state index is -1.26. The van der Waals surface area contributed by atoms with Crippen LogP contribution in [0.2, 0.25) is 0 Å². The molecule has 1 heterocycles. The van der Waals surface area contributed by atoms with E-state index in [1.165, 1.54) is 17.0 Å². The number of hydrogen-bond acceptors (Lipinski definition) is 6. The van der Waals surface area contributed by atoms with Crippen LogP contribution in [0.5, 0.6) is 5.75 Å². The van der Waals surface area contributed by atoms with E-state index in [1.807, 2.05) is 6.07 Å². The first-order chi connectivity index (χ1) is 12.5. The van der Waals surface area contributed by atoms with E-state index >= 15 is 0 Å². The number of thiocarbonyl (C=S) groups is 1. The van der Waals surface area contributed by atoms with E-state index in [0.717, 1.165) is 11.8 Å². The third kappa shape index (κ3) is 3.95. The van der Waals surface area contributed by atoms with Crippen LogP contribution in [0.4, 0.5) is 0 Å². The van der Waals surface area contributed by atoms with Crippen LogP contribution in [0, 0.1) is 0 Å². The van der Waals surface area contributed by atoms with Crippen molar-refractivity contribution in [2.75, 3.05) is 0 Å². The third-order valence-electron chi connectivity index (χ3n) is 3.85. The first-order valence-electron chi connectivity index (χ1n) is 7.76. The highest BCUT2D eigenvalue weighted by Gasteiger charge is 2.37. The summed E-state index contributed by atoms with van der Waals surface area (Å²) in [5.74, 6) is -1.53. The molecular weight excluding hydrogens is 370 g/mol. The van der Waals surface area contributed by atoms with E-state index in [4.69, 9.17) is 12.2 Å². The van der Waals surface area contributed by atoms with Gasteiger partial charge in [0.15, 0.2) is 0 Å². The number of amides is 1. The van der Waals surface area contributed by atoms with Crippen LogP contribution in [0.15, 0.2) is 59.5 Å². The van der Waals surface area contributed by atoms with Crippen LogP contribution in [0.3, 0.4) is 0 Å². The van der Waals surface area contributed by atoms with Gasteiger partial charge in [-0.15, -0.1) is 0 Å². The molecule has 1 fully saturated rings. The number of phenolic OH excluding ortho intramolecular Hbond substituents is 1. The summed E-state index contributed by atoms with van der Waals surface area (Å²) in [5, 5.41) is 20.8. The summed E-state index contributed by atoms with van der Waals surface area (Å²) >= 11 is 6.44. The predicted octanol–water partition coefficient (Wildman–Crippen LogP) is 2.47. The van der Waals surface area contributed by atoms with Crippen LogP contribution in [-0.4, -0.2) is 26.2 Å². The molecule has 1 saturated heterocycles. The van der Waals surface area contributed by atoms with Crippen LogP contribution in [0.1, 0.15) is 23.6 Å². The Hall–Kier alpha value is -2.64. The van der Waals surface area contributed by atoms with Gasteiger partial charge >= 0.3 is 0 Å². The summed E-state index contributed by atoms with van der Waals surface area (Å²) < 4.78 is 0.288. The number of aromatic hydroxyl groups is 1. The van der Waals surface area contributed by atoms with Gasteiger partial charge in [0, 0.05) is 12.4 Å². The number of aliphatic carboxylic acids is 1. The molecule has 1 amide bonds. The summed E-state index contributed by atoms with van der Waals surface area (Å²) in [6.07, 6.45) is 1.27. The number of nitrogens with zero attached hydrogens (tertiary/aromatic N) is 1. The van der Waals surface area contributed by atoms with Gasteiger partial charge in [0.25, 0.3) is 5.91 Å². The SMILES string of the molecule is O=C([O-])C[C@H](c1ccccc1)N1C(=O)C(=Cc2cccc(O)c2)SC1=S. The molecule has 1 aliphatic heterocycles. The van der Waals surface area contributed by atoms with Gasteiger partial charge in [-0.25, -0.2) is 0 Å². The predicted molar refractivity (Wildman–Crippen MR) is 102 cm³/mol. The number of benzene rings is 2. The fourth-order valence-corrected chi connectivity index (χ4v) is 4.06. The zero-order chi connectivity index (χ0) is 18.7. The molecule has 0 unspecified atom stereocenters. The van der Waals surface area contributed by atoms with Gasteiger partial charge in [-0.05, 0) is 29.3 Å². The highest BCUT2D eigenvalue weighted by atomic mass is 32.2. The van der Waals surface area contributed by atoms with Gasteiger partial charge in [0.2, 0.25) is 0 Å². The van der Waals surface area contributed by atoms with Crippen molar-refractivity contribution >= 4 is 46.3 Å². The van der Waals surface area contributed by atoms with Crippen molar-refractivity contribution in [3.63, 3.8) is 0 Å². The smallest absolute Gasteiger partial charge is 0.266 e. The Balaban J connectivity index is 1.95. The third-order valence-corrected chi connectivity index (χ3v) is 5.18. The molecule has 0 bridgehead atoms. The molecule has 0 aliphatic carbocycles. The highest BCUT2D eigenvalue weighted by Crippen LogP contribution is 2.39. The van der Waals surface area contributed by atoms with Gasteiger partial charge in [-0.1, -0.05) is 66.4 Å². The molecule has 0 aromatic heterocycles. The molecule has 2 aromatic carbocycles. The first-order valence-corrected chi connectivity index (χ1v) is 8.99. The second kappa shape index (κ2) is 7.72. The normalized spacial score (nSPS) is 16.9. The maximum Gasteiger partial charge on any atom is 0.266 e. The molecule has 1 aliphatic rings. The Morgan fingerprint density at radius 2 is 1.96 bits per heavy atom. The second-order valence-corrected chi connectivity index (χ2v) is 7.33. The van der Waals surface area contributed by atoms with E-state index in [9.17, 15) is 19.8 Å². The topological polar surface area (TPSA) is 80.7 Å². The molecule has 3 rings (SSSR count). The van der Waals surface area contributed by atoms with Crippen molar-refractivity contribution in [1.82, 2.24) is 4.90 Å². The van der Waals surface area contributed by atoms with Crippen LogP contribution in [0.25, 0.3) is 6.08 Å². The Kier molecular flexibility index (Phi) is 5.39. The number of carbonyl (C=O) groups excluding carboxylic acids is 2. The maximum absolute atomic E-state index is 12.9. The first kappa shape index (κ1) is 18.2. The molecule has 7 heteroatoms. The number of carboxylic acid groups (broad SMARTS) is 1.